The van der Waals surface area contributed by atoms with E-state index in [9.17, 15) is 4.79 Å². The Labute approximate surface area is 53.6 Å². The van der Waals surface area contributed by atoms with E-state index in [1.807, 2.05) is 0 Å². The highest BCUT2D eigenvalue weighted by atomic mass is 16.2. The molecule has 0 bridgehead atoms. The van der Waals surface area contributed by atoms with Crippen molar-refractivity contribution in [3.63, 3.8) is 0 Å². The van der Waals surface area contributed by atoms with Gasteiger partial charge in [-0.15, -0.1) is 0 Å². The van der Waals surface area contributed by atoms with E-state index in [1.54, 1.807) is 0 Å². The molecule has 3 heteroatoms. The molecule has 9 heavy (non-hydrogen) atoms. The molecule has 1 atom stereocenters. The summed E-state index contributed by atoms with van der Waals surface area (Å²) in [4.78, 5) is 10.8. The lowest BCUT2D eigenvalue weighted by molar-refractivity contribution is -0.120. The van der Waals surface area contributed by atoms with Gasteiger partial charge in [0, 0.05) is 5.54 Å². The second-order valence-corrected chi connectivity index (χ2v) is 3.08. The highest BCUT2D eigenvalue weighted by molar-refractivity contribution is 5.85. The zero-order chi connectivity index (χ0) is 6.48. The number of rotatable bonds is 0. The summed E-state index contributed by atoms with van der Waals surface area (Å²) in [6, 6.07) is -0.229. The van der Waals surface area contributed by atoms with Crippen LogP contribution in [0.3, 0.4) is 0 Å². The van der Waals surface area contributed by atoms with Gasteiger partial charge >= 0.3 is 0 Å². The lowest BCUT2D eigenvalue weighted by Crippen LogP contribution is -2.31. The van der Waals surface area contributed by atoms with Crippen LogP contribution in [0, 0.1) is 0 Å². The molecule has 1 saturated heterocycles. The van der Waals surface area contributed by atoms with E-state index >= 15 is 0 Å². The number of hydrogen-bond donors (Lipinski definition) is 2. The highest BCUT2D eigenvalue weighted by Crippen LogP contribution is 2.42. The van der Waals surface area contributed by atoms with Crippen molar-refractivity contribution >= 4 is 5.91 Å². The summed E-state index contributed by atoms with van der Waals surface area (Å²) >= 11 is 0. The Morgan fingerprint density at radius 3 is 2.56 bits per heavy atom. The maximum absolute atomic E-state index is 10.8. The molecule has 1 unspecified atom stereocenters. The van der Waals surface area contributed by atoms with Crippen LogP contribution in [0.15, 0.2) is 0 Å². The van der Waals surface area contributed by atoms with E-state index in [0.717, 1.165) is 19.3 Å². The lowest BCUT2D eigenvalue weighted by atomic mass is 10.1. The molecule has 3 nitrogen and oxygen atoms in total. The normalized spacial score (nSPS) is 37.0. The maximum Gasteiger partial charge on any atom is 0.237 e. The van der Waals surface area contributed by atoms with Gasteiger partial charge in [-0.3, -0.25) is 4.79 Å². The summed E-state index contributed by atoms with van der Waals surface area (Å²) in [7, 11) is 0. The number of hydrogen-bond acceptors (Lipinski definition) is 2. The van der Waals surface area contributed by atoms with E-state index in [4.69, 9.17) is 5.73 Å². The molecule has 0 aromatic heterocycles. The van der Waals surface area contributed by atoms with Crippen LogP contribution in [-0.2, 0) is 4.79 Å². The van der Waals surface area contributed by atoms with Crippen molar-refractivity contribution in [3.8, 4) is 0 Å². The average Bonchev–Trinajstić information content (AvgIpc) is 2.42. The Kier molecular flexibility index (Phi) is 0.750. The molecule has 2 aliphatic rings. The van der Waals surface area contributed by atoms with Gasteiger partial charge in [0.1, 0.15) is 0 Å². The molecular weight excluding hydrogens is 116 g/mol. The van der Waals surface area contributed by atoms with Gasteiger partial charge in [-0.2, -0.15) is 0 Å². The predicted molar refractivity (Wildman–Crippen MR) is 32.7 cm³/mol. The molecule has 1 spiro atoms. The van der Waals surface area contributed by atoms with Crippen LogP contribution in [0.25, 0.3) is 0 Å². The first-order valence-corrected chi connectivity index (χ1v) is 3.30. The fraction of sp³-hybridized carbons (Fsp3) is 0.833. The largest absolute Gasteiger partial charge is 0.349 e. The van der Waals surface area contributed by atoms with Crippen molar-refractivity contribution < 1.29 is 4.79 Å². The third-order valence-corrected chi connectivity index (χ3v) is 2.19. The van der Waals surface area contributed by atoms with Gasteiger partial charge < -0.3 is 11.1 Å². The van der Waals surface area contributed by atoms with Crippen LogP contribution in [-0.4, -0.2) is 17.5 Å². The van der Waals surface area contributed by atoms with Crippen molar-refractivity contribution in [3.05, 3.63) is 0 Å². The number of nitrogens with one attached hydrogen (secondary N) is 1. The van der Waals surface area contributed by atoms with Crippen LogP contribution in [0.2, 0.25) is 0 Å². The van der Waals surface area contributed by atoms with Crippen LogP contribution in [0.5, 0.6) is 0 Å². The van der Waals surface area contributed by atoms with E-state index < -0.39 is 0 Å². The van der Waals surface area contributed by atoms with E-state index in [1.165, 1.54) is 0 Å². The molecule has 50 valence electrons. The third-order valence-electron chi connectivity index (χ3n) is 2.19. The van der Waals surface area contributed by atoms with Crippen molar-refractivity contribution in [2.45, 2.75) is 30.8 Å². The minimum atomic E-state index is -0.229. The quantitative estimate of drug-likeness (QED) is 0.454. The molecule has 2 rings (SSSR count). The van der Waals surface area contributed by atoms with Crippen LogP contribution in [0.4, 0.5) is 0 Å². The Morgan fingerprint density at radius 1 is 1.67 bits per heavy atom. The molecule has 0 radical (unpaired) electrons. The molecule has 1 saturated carbocycles. The van der Waals surface area contributed by atoms with Crippen LogP contribution in [0.1, 0.15) is 19.3 Å². The Hall–Kier alpha value is -0.570. The van der Waals surface area contributed by atoms with Crippen molar-refractivity contribution in [2.24, 2.45) is 5.73 Å². The van der Waals surface area contributed by atoms with Crippen molar-refractivity contribution in [2.75, 3.05) is 0 Å². The highest BCUT2D eigenvalue weighted by Gasteiger charge is 2.51. The zero-order valence-electron chi connectivity index (χ0n) is 5.18. The minimum Gasteiger partial charge on any atom is -0.349 e. The van der Waals surface area contributed by atoms with Crippen molar-refractivity contribution in [1.29, 1.82) is 0 Å². The lowest BCUT2D eigenvalue weighted by Gasteiger charge is -2.01. The maximum atomic E-state index is 10.8. The molecule has 1 amide bonds. The summed E-state index contributed by atoms with van der Waals surface area (Å²) in [5.41, 5.74) is 5.65. The average molecular weight is 126 g/mol. The summed E-state index contributed by atoms with van der Waals surface area (Å²) < 4.78 is 0. The number of nitrogens with two attached hydrogens (primary N) is 1. The van der Waals surface area contributed by atoms with Gasteiger partial charge in [-0.25, -0.2) is 0 Å². The fourth-order valence-corrected chi connectivity index (χ4v) is 1.40. The van der Waals surface area contributed by atoms with Gasteiger partial charge in [-0.05, 0) is 19.3 Å². The minimum absolute atomic E-state index is 0.0347. The fourth-order valence-electron chi connectivity index (χ4n) is 1.40. The Morgan fingerprint density at radius 2 is 2.33 bits per heavy atom. The van der Waals surface area contributed by atoms with Gasteiger partial charge in [0.2, 0.25) is 5.91 Å². The van der Waals surface area contributed by atoms with Gasteiger partial charge in [0.15, 0.2) is 0 Å². The van der Waals surface area contributed by atoms with Gasteiger partial charge in [0.25, 0.3) is 0 Å². The zero-order valence-corrected chi connectivity index (χ0v) is 5.18. The Balaban J connectivity index is 2.14. The molecule has 1 aliphatic carbocycles. The molecule has 1 aliphatic heterocycles. The first kappa shape index (κ1) is 5.23. The van der Waals surface area contributed by atoms with E-state index in [0.29, 0.717) is 0 Å². The van der Waals surface area contributed by atoms with Gasteiger partial charge in [0.05, 0.1) is 6.04 Å². The SMILES string of the molecule is NC1CC2(CC2)NC1=O. The van der Waals surface area contributed by atoms with Crippen molar-refractivity contribution in [1.82, 2.24) is 5.32 Å². The number of amides is 1. The summed E-state index contributed by atoms with van der Waals surface area (Å²) in [6.45, 7) is 0. The summed E-state index contributed by atoms with van der Waals surface area (Å²) in [6.07, 6.45) is 3.12. The van der Waals surface area contributed by atoms with Crippen LogP contribution >= 0.6 is 0 Å². The topological polar surface area (TPSA) is 55.1 Å². The molecule has 0 aromatic rings. The number of carbonyl (C=O) groups excluding carboxylic acids is 1. The summed E-state index contributed by atoms with van der Waals surface area (Å²) in [5.74, 6) is 0.0347. The first-order valence-electron chi connectivity index (χ1n) is 3.30. The second kappa shape index (κ2) is 1.29. The predicted octanol–water partition coefficient (Wildman–Crippen LogP) is -0.634. The van der Waals surface area contributed by atoms with E-state index in [-0.39, 0.29) is 17.5 Å². The van der Waals surface area contributed by atoms with Gasteiger partial charge in [-0.1, -0.05) is 0 Å². The summed E-state index contributed by atoms with van der Waals surface area (Å²) in [5, 5.41) is 2.89. The molecule has 2 fully saturated rings. The Bertz CT molecular complexity index is 162. The molecule has 1 heterocycles. The molecular formula is C6H10N2O. The second-order valence-electron chi connectivity index (χ2n) is 3.08. The monoisotopic (exact) mass is 126 g/mol. The molecule has 0 aromatic carbocycles. The number of carbonyl (C=O) groups is 1. The first-order chi connectivity index (χ1) is 4.22. The van der Waals surface area contributed by atoms with E-state index in [2.05, 4.69) is 5.32 Å². The third kappa shape index (κ3) is 0.645. The standard InChI is InChI=1S/C6H10N2O/c7-4-3-6(1-2-6)8-5(4)9/h4H,1-3,7H2,(H,8,9). The van der Waals surface area contributed by atoms with Crippen LogP contribution < -0.4 is 11.1 Å². The molecule has 3 N–H and O–H groups in total. The smallest absolute Gasteiger partial charge is 0.237 e.